The van der Waals surface area contributed by atoms with Crippen LogP contribution in [0.1, 0.15) is 11.1 Å². The van der Waals surface area contributed by atoms with E-state index < -0.39 is 0 Å². The van der Waals surface area contributed by atoms with Gasteiger partial charge in [-0.15, -0.1) is 0 Å². The van der Waals surface area contributed by atoms with Crippen LogP contribution in [0.25, 0.3) is 6.08 Å². The summed E-state index contributed by atoms with van der Waals surface area (Å²) in [5.41, 5.74) is 7.84. The Bertz CT molecular complexity index is 574. The normalized spacial score (nSPS) is 10.9. The summed E-state index contributed by atoms with van der Waals surface area (Å²) in [5.74, 6) is 0.792. The van der Waals surface area contributed by atoms with E-state index in [2.05, 4.69) is 44.0 Å². The van der Waals surface area contributed by atoms with Gasteiger partial charge in [0.15, 0.2) is 0 Å². The van der Waals surface area contributed by atoms with E-state index >= 15 is 0 Å². The molecule has 0 amide bonds. The first-order valence-electron chi connectivity index (χ1n) is 6.23. The van der Waals surface area contributed by atoms with E-state index in [0.29, 0.717) is 13.2 Å². The van der Waals surface area contributed by atoms with E-state index in [-0.39, 0.29) is 0 Å². The van der Waals surface area contributed by atoms with Crippen LogP contribution < -0.4 is 10.5 Å². The third-order valence-corrected chi connectivity index (χ3v) is 3.91. The third-order valence-electron chi connectivity index (χ3n) is 2.73. The van der Waals surface area contributed by atoms with Gasteiger partial charge < -0.3 is 10.5 Å². The molecule has 2 rings (SSSR count). The topological polar surface area (TPSA) is 35.2 Å². The maximum absolute atomic E-state index is 5.77. The molecule has 2 aromatic carbocycles. The van der Waals surface area contributed by atoms with Crippen molar-refractivity contribution < 1.29 is 4.74 Å². The average molecular weight is 397 g/mol. The van der Waals surface area contributed by atoms with Crippen LogP contribution in [-0.2, 0) is 6.54 Å². The molecule has 0 heterocycles. The smallest absolute Gasteiger partial charge is 0.148 e. The molecule has 0 spiro atoms. The van der Waals surface area contributed by atoms with Gasteiger partial charge in [-0.25, -0.2) is 0 Å². The monoisotopic (exact) mass is 395 g/mol. The first-order valence-corrected chi connectivity index (χ1v) is 7.81. The fourth-order valence-corrected chi connectivity index (χ4v) is 3.26. The minimum atomic E-state index is 0.505. The van der Waals surface area contributed by atoms with Gasteiger partial charge in [0.2, 0.25) is 0 Å². The van der Waals surface area contributed by atoms with Crippen LogP contribution in [0.4, 0.5) is 0 Å². The molecule has 0 fully saturated rings. The highest BCUT2D eigenvalue weighted by Gasteiger charge is 2.07. The van der Waals surface area contributed by atoms with E-state index in [4.69, 9.17) is 10.5 Å². The van der Waals surface area contributed by atoms with Gasteiger partial charge >= 0.3 is 0 Å². The first kappa shape index (κ1) is 15.3. The zero-order valence-electron chi connectivity index (χ0n) is 10.9. The molecule has 0 aliphatic heterocycles. The predicted octanol–water partition coefficient (Wildman–Crippen LogP) is 4.76. The standard InChI is InChI=1S/C16H15Br2NO/c17-14-9-13(11-19)10-15(18)16(14)20-8-4-7-12-5-2-1-3-6-12/h1-7,9-10H,8,11,19H2/b7-4+. The molecular formula is C16H15Br2NO. The Kier molecular flexibility index (Phi) is 5.83. The van der Waals surface area contributed by atoms with E-state index in [1.807, 2.05) is 42.5 Å². The maximum Gasteiger partial charge on any atom is 0.148 e. The summed E-state index contributed by atoms with van der Waals surface area (Å²) in [6, 6.07) is 14.1. The molecule has 0 bridgehead atoms. The molecule has 20 heavy (non-hydrogen) atoms. The highest BCUT2D eigenvalue weighted by Crippen LogP contribution is 2.34. The Morgan fingerprint density at radius 3 is 2.30 bits per heavy atom. The van der Waals surface area contributed by atoms with Gasteiger partial charge in [-0.2, -0.15) is 0 Å². The van der Waals surface area contributed by atoms with Crippen LogP contribution in [0.5, 0.6) is 5.75 Å². The molecule has 2 aromatic rings. The lowest BCUT2D eigenvalue weighted by molar-refractivity contribution is 0.359. The van der Waals surface area contributed by atoms with E-state index in [1.165, 1.54) is 0 Å². The van der Waals surface area contributed by atoms with E-state index in [0.717, 1.165) is 25.8 Å². The Morgan fingerprint density at radius 1 is 1.05 bits per heavy atom. The summed E-state index contributed by atoms with van der Waals surface area (Å²) in [7, 11) is 0. The summed E-state index contributed by atoms with van der Waals surface area (Å²) in [6.07, 6.45) is 4.03. The van der Waals surface area contributed by atoms with Crippen LogP contribution in [0.3, 0.4) is 0 Å². The van der Waals surface area contributed by atoms with Crippen LogP contribution in [0.2, 0.25) is 0 Å². The summed E-state index contributed by atoms with van der Waals surface area (Å²) in [4.78, 5) is 0. The van der Waals surface area contributed by atoms with Crippen LogP contribution >= 0.6 is 31.9 Å². The van der Waals surface area contributed by atoms with Crippen molar-refractivity contribution in [3.8, 4) is 5.75 Å². The zero-order valence-corrected chi connectivity index (χ0v) is 14.0. The Morgan fingerprint density at radius 2 is 1.70 bits per heavy atom. The third kappa shape index (κ3) is 4.20. The van der Waals surface area contributed by atoms with E-state index in [1.54, 1.807) is 0 Å². The van der Waals surface area contributed by atoms with Gasteiger partial charge in [0.25, 0.3) is 0 Å². The Labute approximate surface area is 135 Å². The molecule has 2 nitrogen and oxygen atoms in total. The van der Waals surface area contributed by atoms with Crippen LogP contribution in [0.15, 0.2) is 57.5 Å². The van der Waals surface area contributed by atoms with Gasteiger partial charge in [-0.3, -0.25) is 0 Å². The number of halogens is 2. The minimum Gasteiger partial charge on any atom is -0.487 e. The van der Waals surface area contributed by atoms with Crippen LogP contribution in [0, 0.1) is 0 Å². The molecule has 4 heteroatoms. The molecule has 0 atom stereocenters. The summed E-state index contributed by atoms with van der Waals surface area (Å²) >= 11 is 7.00. The maximum atomic E-state index is 5.77. The van der Waals surface area contributed by atoms with Crippen LogP contribution in [-0.4, -0.2) is 6.61 Å². The molecule has 104 valence electrons. The molecule has 0 aliphatic carbocycles. The Hall–Kier alpha value is -1.10. The number of nitrogens with two attached hydrogens (primary N) is 1. The molecular weight excluding hydrogens is 382 g/mol. The van der Waals surface area contributed by atoms with Crippen molar-refractivity contribution >= 4 is 37.9 Å². The molecule has 0 saturated heterocycles. The lowest BCUT2D eigenvalue weighted by atomic mass is 10.2. The molecule has 0 aromatic heterocycles. The summed E-state index contributed by atoms with van der Waals surface area (Å²) < 4.78 is 7.57. The molecule has 0 saturated carbocycles. The second-order valence-electron chi connectivity index (χ2n) is 4.22. The first-order chi connectivity index (χ1) is 9.70. The van der Waals surface area contributed by atoms with Crippen molar-refractivity contribution in [3.63, 3.8) is 0 Å². The summed E-state index contributed by atoms with van der Waals surface area (Å²) in [5, 5.41) is 0. The second kappa shape index (κ2) is 7.62. The molecule has 0 unspecified atom stereocenters. The quantitative estimate of drug-likeness (QED) is 0.790. The highest BCUT2D eigenvalue weighted by atomic mass is 79.9. The van der Waals surface area contributed by atoms with Crippen molar-refractivity contribution in [1.82, 2.24) is 0 Å². The molecule has 0 aliphatic rings. The number of hydrogen-bond acceptors (Lipinski definition) is 2. The molecule has 0 radical (unpaired) electrons. The number of ether oxygens (including phenoxy) is 1. The van der Waals surface area contributed by atoms with Crippen molar-refractivity contribution in [2.24, 2.45) is 5.73 Å². The minimum absolute atomic E-state index is 0.505. The number of hydrogen-bond donors (Lipinski definition) is 1. The SMILES string of the molecule is NCc1cc(Br)c(OC/C=C/c2ccccc2)c(Br)c1. The van der Waals surface area contributed by atoms with Gasteiger partial charge in [0.05, 0.1) is 8.95 Å². The van der Waals surface area contributed by atoms with Crippen molar-refractivity contribution in [2.75, 3.05) is 6.61 Å². The van der Waals surface area contributed by atoms with Crippen molar-refractivity contribution in [2.45, 2.75) is 6.54 Å². The van der Waals surface area contributed by atoms with Gasteiger partial charge in [0, 0.05) is 6.54 Å². The second-order valence-corrected chi connectivity index (χ2v) is 5.93. The lowest BCUT2D eigenvalue weighted by Gasteiger charge is -2.10. The number of rotatable bonds is 5. The van der Waals surface area contributed by atoms with E-state index in [9.17, 15) is 0 Å². The largest absolute Gasteiger partial charge is 0.487 e. The van der Waals surface area contributed by atoms with Crippen molar-refractivity contribution in [1.29, 1.82) is 0 Å². The summed E-state index contributed by atoms with van der Waals surface area (Å²) in [6.45, 7) is 1.01. The fourth-order valence-electron chi connectivity index (χ4n) is 1.75. The Balaban J connectivity index is 1.99. The number of benzene rings is 2. The lowest BCUT2D eigenvalue weighted by Crippen LogP contribution is -1.99. The van der Waals surface area contributed by atoms with Gasteiger partial charge in [0.1, 0.15) is 12.4 Å². The fraction of sp³-hybridized carbons (Fsp3) is 0.125. The van der Waals surface area contributed by atoms with Gasteiger partial charge in [-0.05, 0) is 61.2 Å². The van der Waals surface area contributed by atoms with Gasteiger partial charge in [-0.1, -0.05) is 36.4 Å². The molecule has 2 N–H and O–H groups in total. The highest BCUT2D eigenvalue weighted by molar-refractivity contribution is 9.11. The average Bonchev–Trinajstić information content (AvgIpc) is 2.46. The predicted molar refractivity (Wildman–Crippen MR) is 90.7 cm³/mol. The van der Waals surface area contributed by atoms with Crippen molar-refractivity contribution in [3.05, 3.63) is 68.6 Å². The zero-order chi connectivity index (χ0) is 14.4.